The van der Waals surface area contributed by atoms with Crippen LogP contribution >= 0.6 is 11.8 Å². The minimum absolute atomic E-state index is 0.543. The number of hydrogen-bond acceptors (Lipinski definition) is 7. The highest BCUT2D eigenvalue weighted by Gasteiger charge is 2.13. The van der Waals surface area contributed by atoms with E-state index in [1.807, 2.05) is 35.8 Å². The molecule has 3 aromatic rings. The molecular weight excluding hydrogens is 302 g/mol. The highest BCUT2D eigenvalue weighted by atomic mass is 32.2. The van der Waals surface area contributed by atoms with E-state index in [4.69, 9.17) is 9.15 Å². The van der Waals surface area contributed by atoms with Gasteiger partial charge in [0, 0.05) is 6.42 Å². The summed E-state index contributed by atoms with van der Waals surface area (Å²) in [5, 5.41) is 16.8. The number of aryl methyl sites for hydroxylation is 1. The maximum absolute atomic E-state index is 5.50. The number of aromatic nitrogens is 5. The number of nitrogens with zero attached hydrogens (tertiary/aromatic N) is 5. The molecule has 0 bridgehead atoms. The van der Waals surface area contributed by atoms with Crippen molar-refractivity contribution >= 4 is 11.8 Å². The number of benzene rings is 1. The lowest BCUT2D eigenvalue weighted by Gasteiger charge is -2.10. The minimum Gasteiger partial charge on any atom is -0.495 e. The molecule has 0 unspecified atom stereocenters. The van der Waals surface area contributed by atoms with Gasteiger partial charge in [-0.2, -0.15) is 0 Å². The monoisotopic (exact) mass is 317 g/mol. The van der Waals surface area contributed by atoms with Crippen molar-refractivity contribution in [2.24, 2.45) is 0 Å². The zero-order valence-electron chi connectivity index (χ0n) is 12.3. The van der Waals surface area contributed by atoms with E-state index in [0.717, 1.165) is 23.0 Å². The normalized spacial score (nSPS) is 10.8. The van der Waals surface area contributed by atoms with Crippen LogP contribution in [0.15, 0.2) is 40.2 Å². The van der Waals surface area contributed by atoms with Gasteiger partial charge < -0.3 is 9.15 Å². The van der Waals surface area contributed by atoms with E-state index in [9.17, 15) is 0 Å². The van der Waals surface area contributed by atoms with Gasteiger partial charge in [-0.15, -0.1) is 20.4 Å². The lowest BCUT2D eigenvalue weighted by atomic mass is 10.3. The zero-order valence-corrected chi connectivity index (χ0v) is 13.1. The van der Waals surface area contributed by atoms with E-state index < -0.39 is 0 Å². The number of methoxy groups -OCH3 is 1. The fraction of sp³-hybridized carbons (Fsp3) is 0.286. The molecule has 0 aliphatic rings. The molecule has 0 saturated heterocycles. The number of thioether (sulfide) groups is 1. The van der Waals surface area contributed by atoms with Gasteiger partial charge in [0.1, 0.15) is 12.1 Å². The summed E-state index contributed by atoms with van der Waals surface area (Å²) in [4.78, 5) is 0. The van der Waals surface area contributed by atoms with Gasteiger partial charge in [-0.3, -0.25) is 4.57 Å². The van der Waals surface area contributed by atoms with E-state index in [1.165, 1.54) is 11.8 Å². The average Bonchev–Trinajstić information content (AvgIpc) is 3.21. The topological polar surface area (TPSA) is 78.9 Å². The van der Waals surface area contributed by atoms with Crippen molar-refractivity contribution in [1.82, 2.24) is 25.0 Å². The van der Waals surface area contributed by atoms with Crippen molar-refractivity contribution in [1.29, 1.82) is 0 Å². The molecule has 0 saturated carbocycles. The number of rotatable bonds is 6. The van der Waals surface area contributed by atoms with Crippen LogP contribution in [-0.2, 0) is 12.2 Å². The second kappa shape index (κ2) is 6.61. The Morgan fingerprint density at radius 2 is 2.00 bits per heavy atom. The summed E-state index contributed by atoms with van der Waals surface area (Å²) in [6.07, 6.45) is 2.39. The third-order valence-electron chi connectivity index (χ3n) is 3.00. The third kappa shape index (κ3) is 2.96. The predicted molar refractivity (Wildman–Crippen MR) is 81.1 cm³/mol. The zero-order chi connectivity index (χ0) is 15.4. The van der Waals surface area contributed by atoms with Crippen molar-refractivity contribution < 1.29 is 9.15 Å². The van der Waals surface area contributed by atoms with E-state index in [2.05, 4.69) is 20.4 Å². The number of hydrogen-bond donors (Lipinski definition) is 0. The van der Waals surface area contributed by atoms with E-state index >= 15 is 0 Å². The van der Waals surface area contributed by atoms with E-state index in [1.54, 1.807) is 13.4 Å². The second-order valence-corrected chi connectivity index (χ2v) is 5.33. The van der Waals surface area contributed by atoms with Crippen LogP contribution in [-0.4, -0.2) is 32.1 Å². The molecule has 0 amide bonds. The Kier molecular flexibility index (Phi) is 4.38. The number of ether oxygens (including phenoxy) is 1. The van der Waals surface area contributed by atoms with E-state index in [0.29, 0.717) is 17.5 Å². The standard InChI is InChI=1S/C14H15N5O2S/c1-3-12-16-17-13(21-12)8-22-14-18-15-9-19(14)10-6-4-5-7-11(10)20-2/h4-7,9H,3,8H2,1-2H3. The summed E-state index contributed by atoms with van der Waals surface area (Å²) < 4.78 is 12.8. The Balaban J connectivity index is 1.80. The summed E-state index contributed by atoms with van der Waals surface area (Å²) >= 11 is 1.48. The molecule has 0 radical (unpaired) electrons. The lowest BCUT2D eigenvalue weighted by Crippen LogP contribution is -1.98. The molecule has 0 aliphatic carbocycles. The predicted octanol–water partition coefficient (Wildman–Crippen LogP) is 2.51. The van der Waals surface area contributed by atoms with Crippen LogP contribution in [0.2, 0.25) is 0 Å². The van der Waals surface area contributed by atoms with Gasteiger partial charge in [-0.25, -0.2) is 0 Å². The minimum atomic E-state index is 0.543. The first-order valence-electron chi connectivity index (χ1n) is 6.79. The van der Waals surface area contributed by atoms with Gasteiger partial charge >= 0.3 is 0 Å². The number of para-hydroxylation sites is 2. The summed E-state index contributed by atoms with van der Waals surface area (Å²) in [6.45, 7) is 1.97. The summed E-state index contributed by atoms with van der Waals surface area (Å²) in [5.74, 6) is 2.52. The molecular formula is C14H15N5O2S. The van der Waals surface area contributed by atoms with E-state index in [-0.39, 0.29) is 0 Å². The van der Waals surface area contributed by atoms with Crippen LogP contribution in [0.5, 0.6) is 5.75 Å². The Hall–Kier alpha value is -2.35. The molecule has 22 heavy (non-hydrogen) atoms. The molecule has 0 N–H and O–H groups in total. The molecule has 0 spiro atoms. The molecule has 7 nitrogen and oxygen atoms in total. The van der Waals surface area contributed by atoms with Crippen LogP contribution in [0.1, 0.15) is 18.7 Å². The van der Waals surface area contributed by atoms with Gasteiger partial charge in [-0.05, 0) is 12.1 Å². The van der Waals surface area contributed by atoms with Gasteiger partial charge in [0.2, 0.25) is 11.8 Å². The molecule has 0 atom stereocenters. The van der Waals surface area contributed by atoms with Crippen molar-refractivity contribution in [3.8, 4) is 11.4 Å². The summed E-state index contributed by atoms with van der Waals surface area (Å²) in [6, 6.07) is 7.71. The SMILES string of the molecule is CCc1nnc(CSc2nncn2-c2ccccc2OC)o1. The van der Waals surface area contributed by atoms with Crippen LogP contribution in [0, 0.1) is 0 Å². The largest absolute Gasteiger partial charge is 0.495 e. The van der Waals surface area contributed by atoms with Crippen molar-refractivity contribution in [3.63, 3.8) is 0 Å². The third-order valence-corrected chi connectivity index (χ3v) is 3.92. The van der Waals surface area contributed by atoms with Crippen molar-refractivity contribution in [2.45, 2.75) is 24.3 Å². The van der Waals surface area contributed by atoms with Crippen molar-refractivity contribution in [3.05, 3.63) is 42.4 Å². The van der Waals surface area contributed by atoms with Crippen molar-refractivity contribution in [2.75, 3.05) is 7.11 Å². The fourth-order valence-electron chi connectivity index (χ4n) is 1.93. The molecule has 2 aromatic heterocycles. The maximum Gasteiger partial charge on any atom is 0.226 e. The molecule has 0 aliphatic heterocycles. The Labute approximate surface area is 131 Å². The smallest absolute Gasteiger partial charge is 0.226 e. The van der Waals surface area contributed by atoms with Crippen LogP contribution in [0.3, 0.4) is 0 Å². The maximum atomic E-state index is 5.50. The second-order valence-electron chi connectivity index (χ2n) is 4.39. The summed E-state index contributed by atoms with van der Waals surface area (Å²) in [5.41, 5.74) is 0.886. The molecule has 2 heterocycles. The molecule has 8 heteroatoms. The van der Waals surface area contributed by atoms with Crippen LogP contribution in [0.25, 0.3) is 5.69 Å². The first kappa shape index (κ1) is 14.6. The molecule has 0 fully saturated rings. The molecule has 114 valence electrons. The average molecular weight is 317 g/mol. The van der Waals surface area contributed by atoms with Gasteiger partial charge in [0.05, 0.1) is 18.6 Å². The summed E-state index contributed by atoms with van der Waals surface area (Å²) in [7, 11) is 1.64. The molecule has 1 aromatic carbocycles. The first-order chi connectivity index (χ1) is 10.8. The van der Waals surface area contributed by atoms with Crippen LogP contribution in [0.4, 0.5) is 0 Å². The highest BCUT2D eigenvalue weighted by molar-refractivity contribution is 7.98. The van der Waals surface area contributed by atoms with Gasteiger partial charge in [0.15, 0.2) is 5.16 Å². The van der Waals surface area contributed by atoms with Crippen LogP contribution < -0.4 is 4.74 Å². The Bertz CT molecular complexity index is 755. The lowest BCUT2D eigenvalue weighted by molar-refractivity contribution is 0.412. The van der Waals surface area contributed by atoms with Gasteiger partial charge in [0.25, 0.3) is 0 Å². The quantitative estimate of drug-likeness (QED) is 0.646. The fourth-order valence-corrected chi connectivity index (χ4v) is 2.69. The molecule has 3 rings (SSSR count). The van der Waals surface area contributed by atoms with Gasteiger partial charge in [-0.1, -0.05) is 30.8 Å². The Morgan fingerprint density at radius 1 is 1.18 bits per heavy atom. The first-order valence-corrected chi connectivity index (χ1v) is 7.78. The Morgan fingerprint density at radius 3 is 2.77 bits per heavy atom. The highest BCUT2D eigenvalue weighted by Crippen LogP contribution is 2.27.